The van der Waals surface area contributed by atoms with Gasteiger partial charge in [0.2, 0.25) is 0 Å². The third kappa shape index (κ3) is 4.33. The second kappa shape index (κ2) is 4.45. The standard InChI is InChI=1S/C7H14O4S/c1-3-12(10,11)5-4-6(2)7(8)9/h6H,3-5H2,1-2H3,(H,8,9). The molecule has 1 N–H and O–H groups in total. The second-order valence-electron chi connectivity index (χ2n) is 2.76. The van der Waals surface area contributed by atoms with E-state index in [4.69, 9.17) is 5.11 Å². The lowest BCUT2D eigenvalue weighted by Crippen LogP contribution is -2.16. The van der Waals surface area contributed by atoms with Gasteiger partial charge in [0.1, 0.15) is 9.84 Å². The number of hydrogen-bond acceptors (Lipinski definition) is 3. The van der Waals surface area contributed by atoms with E-state index in [2.05, 4.69) is 0 Å². The van der Waals surface area contributed by atoms with Crippen LogP contribution in [0.2, 0.25) is 0 Å². The molecule has 0 aromatic carbocycles. The molecule has 0 amide bonds. The summed E-state index contributed by atoms with van der Waals surface area (Å²) < 4.78 is 21.9. The molecule has 0 aliphatic heterocycles. The molecule has 72 valence electrons. The van der Waals surface area contributed by atoms with E-state index in [1.54, 1.807) is 6.92 Å². The largest absolute Gasteiger partial charge is 0.481 e. The van der Waals surface area contributed by atoms with Gasteiger partial charge >= 0.3 is 5.97 Å². The molecule has 0 saturated heterocycles. The first-order valence-electron chi connectivity index (χ1n) is 3.82. The van der Waals surface area contributed by atoms with E-state index in [0.717, 1.165) is 0 Å². The van der Waals surface area contributed by atoms with E-state index in [-0.39, 0.29) is 17.9 Å². The van der Waals surface area contributed by atoms with Gasteiger partial charge in [0.05, 0.1) is 11.7 Å². The van der Waals surface area contributed by atoms with Crippen LogP contribution in [0.4, 0.5) is 0 Å². The van der Waals surface area contributed by atoms with Crippen molar-refractivity contribution >= 4 is 15.8 Å². The molecule has 0 radical (unpaired) electrons. The number of sulfone groups is 1. The minimum Gasteiger partial charge on any atom is -0.481 e. The number of carboxylic acids is 1. The number of carbonyl (C=O) groups is 1. The van der Waals surface area contributed by atoms with Crippen molar-refractivity contribution in [3.8, 4) is 0 Å². The number of hydrogen-bond donors (Lipinski definition) is 1. The Bertz CT molecular complexity index is 242. The fourth-order valence-electron chi connectivity index (χ4n) is 0.624. The van der Waals surface area contributed by atoms with Crippen molar-refractivity contribution in [2.75, 3.05) is 11.5 Å². The Morgan fingerprint density at radius 1 is 1.50 bits per heavy atom. The Kier molecular flexibility index (Phi) is 4.23. The van der Waals surface area contributed by atoms with Gasteiger partial charge in [0.25, 0.3) is 0 Å². The molecule has 0 aromatic heterocycles. The van der Waals surface area contributed by atoms with Gasteiger partial charge < -0.3 is 5.11 Å². The highest BCUT2D eigenvalue weighted by Crippen LogP contribution is 2.04. The first-order valence-corrected chi connectivity index (χ1v) is 5.64. The van der Waals surface area contributed by atoms with Crippen LogP contribution < -0.4 is 0 Å². The molecular formula is C7H14O4S. The highest BCUT2D eigenvalue weighted by Gasteiger charge is 2.15. The maximum absolute atomic E-state index is 10.9. The molecule has 0 spiro atoms. The predicted molar refractivity (Wildman–Crippen MR) is 45.7 cm³/mol. The molecule has 4 nitrogen and oxygen atoms in total. The minimum atomic E-state index is -3.01. The molecule has 0 fully saturated rings. The van der Waals surface area contributed by atoms with Gasteiger partial charge in [-0.15, -0.1) is 0 Å². The van der Waals surface area contributed by atoms with Crippen LogP contribution in [0, 0.1) is 5.92 Å². The molecule has 12 heavy (non-hydrogen) atoms. The van der Waals surface area contributed by atoms with E-state index in [1.165, 1.54) is 6.92 Å². The monoisotopic (exact) mass is 194 g/mol. The topological polar surface area (TPSA) is 71.4 Å². The van der Waals surface area contributed by atoms with Crippen LogP contribution in [0.1, 0.15) is 20.3 Å². The molecule has 0 aliphatic carbocycles. The Morgan fingerprint density at radius 2 is 2.00 bits per heavy atom. The summed E-state index contributed by atoms with van der Waals surface area (Å²) in [5.41, 5.74) is 0. The quantitative estimate of drug-likeness (QED) is 0.693. The highest BCUT2D eigenvalue weighted by atomic mass is 32.2. The fourth-order valence-corrected chi connectivity index (χ4v) is 1.63. The zero-order valence-corrected chi connectivity index (χ0v) is 8.10. The molecule has 1 unspecified atom stereocenters. The number of carboxylic acid groups (broad SMARTS) is 1. The smallest absolute Gasteiger partial charge is 0.306 e. The summed E-state index contributed by atoms with van der Waals surface area (Å²) in [7, 11) is -3.01. The summed E-state index contributed by atoms with van der Waals surface area (Å²) >= 11 is 0. The van der Waals surface area contributed by atoms with Crippen molar-refractivity contribution in [3.05, 3.63) is 0 Å². The van der Waals surface area contributed by atoms with Crippen LogP contribution in [0.15, 0.2) is 0 Å². The summed E-state index contributed by atoms with van der Waals surface area (Å²) in [4.78, 5) is 10.3. The molecule has 0 heterocycles. The fraction of sp³-hybridized carbons (Fsp3) is 0.857. The maximum atomic E-state index is 10.9. The average Bonchev–Trinajstić information content (AvgIpc) is 2.00. The van der Waals surface area contributed by atoms with Gasteiger partial charge in [-0.2, -0.15) is 0 Å². The molecule has 0 saturated carbocycles. The van der Waals surface area contributed by atoms with Crippen molar-refractivity contribution in [3.63, 3.8) is 0 Å². The summed E-state index contributed by atoms with van der Waals surface area (Å²) in [6.45, 7) is 3.06. The molecule has 0 aromatic rings. The van der Waals surface area contributed by atoms with Gasteiger partial charge in [0, 0.05) is 5.75 Å². The Labute approximate surface area is 72.5 Å². The van der Waals surface area contributed by atoms with Gasteiger partial charge in [-0.3, -0.25) is 4.79 Å². The Hall–Kier alpha value is -0.580. The van der Waals surface area contributed by atoms with E-state index < -0.39 is 21.7 Å². The zero-order valence-electron chi connectivity index (χ0n) is 7.28. The Morgan fingerprint density at radius 3 is 2.33 bits per heavy atom. The van der Waals surface area contributed by atoms with Gasteiger partial charge in [0.15, 0.2) is 0 Å². The van der Waals surface area contributed by atoms with E-state index >= 15 is 0 Å². The number of rotatable bonds is 5. The Balaban J connectivity index is 3.92. The van der Waals surface area contributed by atoms with E-state index in [0.29, 0.717) is 0 Å². The van der Waals surface area contributed by atoms with E-state index in [9.17, 15) is 13.2 Å². The molecule has 0 bridgehead atoms. The lowest BCUT2D eigenvalue weighted by Gasteiger charge is -2.04. The summed E-state index contributed by atoms with van der Waals surface area (Å²) in [5.74, 6) is -1.47. The third-order valence-corrected chi connectivity index (χ3v) is 3.46. The summed E-state index contributed by atoms with van der Waals surface area (Å²) in [5, 5.41) is 8.46. The van der Waals surface area contributed by atoms with Crippen LogP contribution in [-0.2, 0) is 14.6 Å². The lowest BCUT2D eigenvalue weighted by atomic mass is 10.1. The summed E-state index contributed by atoms with van der Waals surface area (Å²) in [6, 6.07) is 0. The second-order valence-corrected chi connectivity index (χ2v) is 5.24. The lowest BCUT2D eigenvalue weighted by molar-refractivity contribution is -0.141. The van der Waals surface area contributed by atoms with Crippen LogP contribution in [0.3, 0.4) is 0 Å². The van der Waals surface area contributed by atoms with Crippen LogP contribution in [-0.4, -0.2) is 31.0 Å². The van der Waals surface area contributed by atoms with Crippen LogP contribution in [0.5, 0.6) is 0 Å². The number of aliphatic carboxylic acids is 1. The molecular weight excluding hydrogens is 180 g/mol. The van der Waals surface area contributed by atoms with Crippen molar-refractivity contribution in [2.24, 2.45) is 5.92 Å². The van der Waals surface area contributed by atoms with Gasteiger partial charge in [-0.05, 0) is 6.42 Å². The third-order valence-electron chi connectivity index (χ3n) is 1.72. The van der Waals surface area contributed by atoms with E-state index in [1.807, 2.05) is 0 Å². The van der Waals surface area contributed by atoms with Crippen molar-refractivity contribution in [1.29, 1.82) is 0 Å². The molecule has 5 heteroatoms. The normalized spacial score (nSPS) is 14.2. The first kappa shape index (κ1) is 11.4. The van der Waals surface area contributed by atoms with Crippen molar-refractivity contribution in [1.82, 2.24) is 0 Å². The SMILES string of the molecule is CCS(=O)(=O)CCC(C)C(=O)O. The molecule has 1 atom stereocenters. The van der Waals surface area contributed by atoms with Crippen molar-refractivity contribution in [2.45, 2.75) is 20.3 Å². The molecule has 0 rings (SSSR count). The predicted octanol–water partition coefficient (Wildman–Crippen LogP) is 0.532. The average molecular weight is 194 g/mol. The molecule has 0 aliphatic rings. The van der Waals surface area contributed by atoms with Crippen molar-refractivity contribution < 1.29 is 18.3 Å². The maximum Gasteiger partial charge on any atom is 0.306 e. The zero-order chi connectivity index (χ0) is 9.78. The summed E-state index contributed by atoms with van der Waals surface area (Å²) in [6.07, 6.45) is 0.200. The van der Waals surface area contributed by atoms with Crippen LogP contribution >= 0.6 is 0 Å². The van der Waals surface area contributed by atoms with Crippen LogP contribution in [0.25, 0.3) is 0 Å². The minimum absolute atomic E-state index is 0.0308. The van der Waals surface area contributed by atoms with Gasteiger partial charge in [-0.1, -0.05) is 13.8 Å². The highest BCUT2D eigenvalue weighted by molar-refractivity contribution is 7.91. The van der Waals surface area contributed by atoms with Gasteiger partial charge in [-0.25, -0.2) is 8.42 Å². The first-order chi connectivity index (χ1) is 5.39.